The van der Waals surface area contributed by atoms with Gasteiger partial charge in [-0.3, -0.25) is 0 Å². The molecule has 0 radical (unpaired) electrons. The van der Waals surface area contributed by atoms with Gasteiger partial charge in [0.1, 0.15) is 0 Å². The van der Waals surface area contributed by atoms with E-state index in [-0.39, 0.29) is 0 Å². The first kappa shape index (κ1) is 17.0. The predicted octanol–water partition coefficient (Wildman–Crippen LogP) is 5.32. The zero-order valence-electron chi connectivity index (χ0n) is 12.2. The Labute approximate surface area is 109 Å². The number of aliphatic hydroxyl groups is 1. The summed E-state index contributed by atoms with van der Waals surface area (Å²) < 4.78 is 0. The van der Waals surface area contributed by atoms with Crippen LogP contribution in [0, 0.1) is 5.92 Å². The maximum absolute atomic E-state index is 9.32. The van der Waals surface area contributed by atoms with Crippen LogP contribution in [0.25, 0.3) is 0 Å². The largest absolute Gasteiger partial charge is 0.396 e. The molecule has 0 saturated heterocycles. The van der Waals surface area contributed by atoms with Crippen LogP contribution in [0.1, 0.15) is 90.9 Å². The molecule has 0 heterocycles. The van der Waals surface area contributed by atoms with E-state index >= 15 is 0 Å². The van der Waals surface area contributed by atoms with Crippen molar-refractivity contribution < 1.29 is 5.11 Å². The lowest BCUT2D eigenvalue weighted by atomic mass is 9.95. The van der Waals surface area contributed by atoms with Gasteiger partial charge in [0, 0.05) is 6.61 Å². The Hall–Kier alpha value is -0.0400. The van der Waals surface area contributed by atoms with Crippen LogP contribution in [-0.4, -0.2) is 11.7 Å². The smallest absolute Gasteiger partial charge is 0.0459 e. The van der Waals surface area contributed by atoms with Crippen LogP contribution in [0.15, 0.2) is 0 Å². The van der Waals surface area contributed by atoms with Gasteiger partial charge in [0.25, 0.3) is 0 Å². The average Bonchev–Trinajstić information content (AvgIpc) is 2.36. The molecule has 0 aromatic heterocycles. The van der Waals surface area contributed by atoms with Crippen molar-refractivity contribution in [3.63, 3.8) is 0 Å². The summed E-state index contributed by atoms with van der Waals surface area (Å²) in [7, 11) is 0. The topological polar surface area (TPSA) is 20.2 Å². The van der Waals surface area contributed by atoms with Gasteiger partial charge >= 0.3 is 0 Å². The van der Waals surface area contributed by atoms with Crippen molar-refractivity contribution in [1.29, 1.82) is 0 Å². The molecule has 0 bridgehead atoms. The summed E-state index contributed by atoms with van der Waals surface area (Å²) in [6, 6.07) is 0. The molecule has 0 aliphatic carbocycles. The molecule has 0 unspecified atom stereocenters. The zero-order chi connectivity index (χ0) is 12.8. The normalized spacial score (nSPS) is 12.9. The molecule has 0 saturated carbocycles. The summed E-state index contributed by atoms with van der Waals surface area (Å²) >= 11 is 0. The molecule has 104 valence electrons. The van der Waals surface area contributed by atoms with Crippen molar-refractivity contribution in [3.8, 4) is 0 Å². The summed E-state index contributed by atoms with van der Waals surface area (Å²) in [5, 5.41) is 9.32. The van der Waals surface area contributed by atoms with Crippen LogP contribution in [0.2, 0.25) is 0 Å². The molecule has 1 N–H and O–H groups in total. The van der Waals surface area contributed by atoms with E-state index in [4.69, 9.17) is 0 Å². The van der Waals surface area contributed by atoms with E-state index in [2.05, 4.69) is 13.8 Å². The van der Waals surface area contributed by atoms with E-state index in [1.54, 1.807) is 0 Å². The van der Waals surface area contributed by atoms with Crippen LogP contribution < -0.4 is 0 Å². The minimum atomic E-state index is 0.404. The minimum Gasteiger partial charge on any atom is -0.396 e. The molecular formula is C16H34O. The number of aliphatic hydroxyl groups excluding tert-OH is 1. The number of rotatable bonds is 13. The van der Waals surface area contributed by atoms with Gasteiger partial charge in [-0.05, 0) is 18.8 Å². The average molecular weight is 242 g/mol. The molecule has 0 aromatic rings. The van der Waals surface area contributed by atoms with Crippen LogP contribution in [-0.2, 0) is 0 Å². The zero-order valence-corrected chi connectivity index (χ0v) is 12.2. The fourth-order valence-corrected chi connectivity index (χ4v) is 2.40. The minimum absolute atomic E-state index is 0.404. The van der Waals surface area contributed by atoms with Crippen LogP contribution >= 0.6 is 0 Å². The van der Waals surface area contributed by atoms with Crippen LogP contribution in [0.5, 0.6) is 0 Å². The summed E-state index contributed by atoms with van der Waals surface area (Å²) in [4.78, 5) is 0. The molecule has 1 atom stereocenters. The summed E-state index contributed by atoms with van der Waals surface area (Å²) in [5.74, 6) is 0.582. The van der Waals surface area contributed by atoms with Gasteiger partial charge < -0.3 is 5.11 Å². The van der Waals surface area contributed by atoms with Crippen LogP contribution in [0.4, 0.5) is 0 Å². The fraction of sp³-hybridized carbons (Fsp3) is 1.00. The summed E-state index contributed by atoms with van der Waals surface area (Å²) in [6.45, 7) is 4.92. The summed E-state index contributed by atoms with van der Waals surface area (Å²) in [6.07, 6.45) is 16.0. The molecule has 0 spiro atoms. The van der Waals surface area contributed by atoms with Crippen molar-refractivity contribution >= 4 is 0 Å². The first-order valence-corrected chi connectivity index (χ1v) is 7.96. The third kappa shape index (κ3) is 12.2. The highest BCUT2D eigenvalue weighted by atomic mass is 16.3. The standard InChI is InChI=1S/C16H34O/c1-3-5-7-9-10-12-14-16(15-17)13-11-8-6-4-2/h16-17H,3-15H2,1-2H3/t16-/m0/s1. The highest BCUT2D eigenvalue weighted by Crippen LogP contribution is 2.18. The first-order chi connectivity index (χ1) is 8.35. The Morgan fingerprint density at radius 2 is 1.06 bits per heavy atom. The fourth-order valence-electron chi connectivity index (χ4n) is 2.40. The SMILES string of the molecule is CCCCCCCC[C@@H](CO)CCCCCC. The van der Waals surface area contributed by atoms with E-state index in [1.165, 1.54) is 77.0 Å². The number of unbranched alkanes of at least 4 members (excludes halogenated alkanes) is 8. The highest BCUT2D eigenvalue weighted by molar-refractivity contribution is 4.59. The molecule has 0 rings (SSSR count). The van der Waals surface area contributed by atoms with Gasteiger partial charge in [-0.15, -0.1) is 0 Å². The lowest BCUT2D eigenvalue weighted by molar-refractivity contribution is 0.204. The Kier molecular flexibility index (Phi) is 14.0. The molecule has 17 heavy (non-hydrogen) atoms. The maximum atomic E-state index is 9.32. The second-order valence-electron chi connectivity index (χ2n) is 5.45. The van der Waals surface area contributed by atoms with Gasteiger partial charge in [-0.2, -0.15) is 0 Å². The molecule has 0 fully saturated rings. The van der Waals surface area contributed by atoms with Gasteiger partial charge in [-0.1, -0.05) is 78.1 Å². The van der Waals surface area contributed by atoms with E-state index in [1.807, 2.05) is 0 Å². The highest BCUT2D eigenvalue weighted by Gasteiger charge is 2.06. The van der Waals surface area contributed by atoms with E-state index in [0.29, 0.717) is 12.5 Å². The third-order valence-corrected chi connectivity index (χ3v) is 3.69. The van der Waals surface area contributed by atoms with Gasteiger partial charge in [-0.25, -0.2) is 0 Å². The monoisotopic (exact) mass is 242 g/mol. The quantitative estimate of drug-likeness (QED) is 0.434. The van der Waals surface area contributed by atoms with Gasteiger partial charge in [0.2, 0.25) is 0 Å². The van der Waals surface area contributed by atoms with Crippen molar-refractivity contribution in [2.75, 3.05) is 6.61 Å². The third-order valence-electron chi connectivity index (χ3n) is 3.69. The number of hydrogen-bond donors (Lipinski definition) is 1. The van der Waals surface area contributed by atoms with E-state index in [9.17, 15) is 5.11 Å². The maximum Gasteiger partial charge on any atom is 0.0459 e. The van der Waals surface area contributed by atoms with Gasteiger partial charge in [0.05, 0.1) is 0 Å². The Balaban J connectivity index is 3.28. The second kappa shape index (κ2) is 14.0. The van der Waals surface area contributed by atoms with Gasteiger partial charge in [0.15, 0.2) is 0 Å². The molecule has 0 amide bonds. The Morgan fingerprint density at radius 3 is 1.53 bits per heavy atom. The van der Waals surface area contributed by atoms with Crippen molar-refractivity contribution in [3.05, 3.63) is 0 Å². The number of hydrogen-bond acceptors (Lipinski definition) is 1. The Morgan fingerprint density at radius 1 is 0.647 bits per heavy atom. The molecule has 1 heteroatoms. The Bertz CT molecular complexity index is 133. The van der Waals surface area contributed by atoms with Crippen molar-refractivity contribution in [2.24, 2.45) is 5.92 Å². The summed E-state index contributed by atoms with van der Waals surface area (Å²) in [5.41, 5.74) is 0. The van der Waals surface area contributed by atoms with Crippen molar-refractivity contribution in [1.82, 2.24) is 0 Å². The molecule has 0 aliphatic heterocycles. The second-order valence-corrected chi connectivity index (χ2v) is 5.45. The molecule has 0 aliphatic rings. The predicted molar refractivity (Wildman–Crippen MR) is 77.3 cm³/mol. The molecule has 0 aromatic carbocycles. The lowest BCUT2D eigenvalue weighted by Crippen LogP contribution is -2.06. The molecule has 1 nitrogen and oxygen atoms in total. The lowest BCUT2D eigenvalue weighted by Gasteiger charge is -2.13. The molecular weight excluding hydrogens is 208 g/mol. The van der Waals surface area contributed by atoms with E-state index < -0.39 is 0 Å². The van der Waals surface area contributed by atoms with E-state index in [0.717, 1.165) is 0 Å². The van der Waals surface area contributed by atoms with Crippen molar-refractivity contribution in [2.45, 2.75) is 90.9 Å². The first-order valence-electron chi connectivity index (χ1n) is 7.96. The van der Waals surface area contributed by atoms with Crippen LogP contribution in [0.3, 0.4) is 0 Å².